The number of hydrogen-bond donors (Lipinski definition) is 3. The van der Waals surface area contributed by atoms with E-state index in [4.69, 9.17) is 19.5 Å². The van der Waals surface area contributed by atoms with Gasteiger partial charge in [-0.05, 0) is 93.3 Å². The van der Waals surface area contributed by atoms with Crippen LogP contribution in [0.15, 0.2) is 4.76 Å². The Balaban J connectivity index is 1.20. The molecule has 0 bridgehead atoms. The molecule has 0 heterocycles. The van der Waals surface area contributed by atoms with Crippen LogP contribution in [0.1, 0.15) is 90.9 Å². The molecule has 0 amide bonds. The zero-order valence-electron chi connectivity index (χ0n) is 23.1. The van der Waals surface area contributed by atoms with Gasteiger partial charge < -0.3 is 19.8 Å². The molecule has 3 N–H and O–H groups in total. The summed E-state index contributed by atoms with van der Waals surface area (Å²) >= 11 is 0. The highest BCUT2D eigenvalue weighted by Crippen LogP contribution is 2.65. The first kappa shape index (κ1) is 30.4. The summed E-state index contributed by atoms with van der Waals surface area (Å²) in [7, 11) is -4.38. The van der Waals surface area contributed by atoms with Gasteiger partial charge in [-0.2, -0.15) is 4.76 Å². The Morgan fingerprint density at radius 1 is 1.10 bits per heavy atom. The number of carboxylic acid groups (broad SMARTS) is 2. The maximum Gasteiger partial charge on any atom is 0.450 e. The van der Waals surface area contributed by atoms with Crippen molar-refractivity contribution in [2.45, 2.75) is 97.0 Å². The topological polar surface area (TPSA) is 160 Å². The fourth-order valence-corrected chi connectivity index (χ4v) is 9.14. The quantitative estimate of drug-likeness (QED) is 0.164. The highest BCUT2D eigenvalue weighted by atomic mass is 31.2. The third-order valence-electron chi connectivity index (χ3n) is 10.6. The van der Waals surface area contributed by atoms with Crippen molar-refractivity contribution < 1.29 is 43.3 Å². The summed E-state index contributed by atoms with van der Waals surface area (Å²) in [5, 5.41) is 17.8. The average molecular weight is 570 g/mol. The lowest BCUT2D eigenvalue weighted by molar-refractivity contribution is -0.145. The summed E-state index contributed by atoms with van der Waals surface area (Å²) in [5.74, 6) is -0.724. The van der Waals surface area contributed by atoms with Crippen LogP contribution in [0.25, 0.3) is 0 Å². The van der Waals surface area contributed by atoms with Crippen LogP contribution in [0.5, 0.6) is 0 Å². The van der Waals surface area contributed by atoms with Gasteiger partial charge in [0.1, 0.15) is 5.78 Å². The normalized spacial score (nSPS) is 38.4. The second-order valence-electron chi connectivity index (χ2n) is 12.7. The average Bonchev–Trinajstić information content (AvgIpc) is 3.17. The van der Waals surface area contributed by atoms with Gasteiger partial charge in [0, 0.05) is 31.1 Å². The molecule has 4 rings (SSSR count). The van der Waals surface area contributed by atoms with Crippen LogP contribution in [-0.4, -0.2) is 58.4 Å². The summed E-state index contributed by atoms with van der Waals surface area (Å²) in [4.78, 5) is 44.4. The number of ether oxygens (including phenoxy) is 1. The second-order valence-corrected chi connectivity index (χ2v) is 14.1. The van der Waals surface area contributed by atoms with Crippen LogP contribution in [0.4, 0.5) is 0 Å². The first-order valence-electron chi connectivity index (χ1n) is 14.5. The molecule has 4 aliphatic rings. The number of carboxylic acids is 2. The van der Waals surface area contributed by atoms with Gasteiger partial charge in [-0.1, -0.05) is 13.8 Å². The number of ketones is 1. The summed E-state index contributed by atoms with van der Waals surface area (Å²) in [6.07, 6.45) is 10.3. The number of Topliss-reactive ketones (excluding diaryl/α,β-unsaturated/α-hetero) is 1. The minimum absolute atomic E-state index is 0.0610. The van der Waals surface area contributed by atoms with E-state index in [0.29, 0.717) is 47.9 Å². The number of fused-ring (bicyclic) bond motifs is 5. The first-order valence-corrected chi connectivity index (χ1v) is 16.0. The van der Waals surface area contributed by atoms with E-state index < -0.39 is 25.6 Å². The molecule has 4 saturated carbocycles. The zero-order chi connectivity index (χ0) is 28.4. The predicted molar refractivity (Wildman–Crippen MR) is 143 cm³/mol. The van der Waals surface area contributed by atoms with Gasteiger partial charge in [0.15, 0.2) is 0 Å². The summed E-state index contributed by atoms with van der Waals surface area (Å²) in [5.41, 5.74) is 0.216. The number of rotatable bonds is 12. The Morgan fingerprint density at radius 2 is 1.87 bits per heavy atom. The van der Waals surface area contributed by atoms with E-state index in [9.17, 15) is 23.8 Å². The maximum atomic E-state index is 12.6. The molecule has 9 atom stereocenters. The van der Waals surface area contributed by atoms with Crippen molar-refractivity contribution in [2.75, 3.05) is 13.2 Å². The fraction of sp³-hybridized carbons (Fsp3) is 0.857. The molecule has 0 radical (unpaired) electrons. The van der Waals surface area contributed by atoms with Gasteiger partial charge in [0.2, 0.25) is 0 Å². The molecule has 39 heavy (non-hydrogen) atoms. The first-order chi connectivity index (χ1) is 18.4. The van der Waals surface area contributed by atoms with E-state index in [1.165, 1.54) is 12.8 Å². The lowest BCUT2D eigenvalue weighted by Gasteiger charge is -2.60. The van der Waals surface area contributed by atoms with Crippen molar-refractivity contribution >= 4 is 31.7 Å². The predicted octanol–water partition coefficient (Wildman–Crippen LogP) is 5.13. The summed E-state index contributed by atoms with van der Waals surface area (Å²) < 4.78 is 26.6. The molecule has 0 saturated heterocycles. The molecule has 0 aromatic heterocycles. The number of hydrogen-bond acceptors (Lipinski definition) is 6. The van der Waals surface area contributed by atoms with E-state index in [1.807, 2.05) is 0 Å². The van der Waals surface area contributed by atoms with Gasteiger partial charge in [-0.3, -0.25) is 18.9 Å². The molecule has 11 heteroatoms. The number of nitrogens with zero attached hydrogens (tertiary/aromatic N) is 1. The highest BCUT2D eigenvalue weighted by Gasteiger charge is 2.60. The van der Waals surface area contributed by atoms with Crippen molar-refractivity contribution in [3.63, 3.8) is 0 Å². The van der Waals surface area contributed by atoms with Crippen LogP contribution >= 0.6 is 7.75 Å². The molecule has 0 aliphatic heterocycles. The van der Waals surface area contributed by atoms with E-state index >= 15 is 0 Å². The van der Waals surface area contributed by atoms with Crippen molar-refractivity contribution in [3.05, 3.63) is 0 Å². The van der Waals surface area contributed by atoms with E-state index in [2.05, 4.69) is 18.6 Å². The SMILES string of the molecule is C[C@]12CC[C@H](OCCCOP(=O)(O)/N=C/C(CCC(=O)O)C(=O)O)CC1CCC1C2CC[C@]2(C)C(=O)CCC12. The number of carbonyl (C=O) groups excluding carboxylic acids is 1. The minimum Gasteiger partial charge on any atom is -0.481 e. The standard InChI is InChI=1S/C28H44NO9P/c1-27-12-10-20(16-19(27)5-6-21-22-7-8-24(30)28(22,2)13-11-23(21)27)37-14-3-15-38-39(35,36)29-17-18(26(33)34)4-9-25(31)32/h17-23H,3-16H2,1-2H3,(H,31,32)(H,33,34)(H,35,36)/b29-17+/t18?,19?,20-,21?,22?,23?,27-,28-/m0/s1. The summed E-state index contributed by atoms with van der Waals surface area (Å²) in [6, 6.07) is 0. The molecule has 6 unspecified atom stereocenters. The molecule has 0 spiro atoms. The molecule has 4 fully saturated rings. The second kappa shape index (κ2) is 12.1. The third-order valence-corrected chi connectivity index (χ3v) is 11.6. The molecule has 0 aromatic carbocycles. The van der Waals surface area contributed by atoms with Crippen molar-refractivity contribution in [3.8, 4) is 0 Å². The van der Waals surface area contributed by atoms with Gasteiger partial charge >= 0.3 is 19.7 Å². The fourth-order valence-electron chi connectivity index (χ4n) is 8.37. The monoisotopic (exact) mass is 569 g/mol. The molecule has 4 aliphatic carbocycles. The molecule has 10 nitrogen and oxygen atoms in total. The lowest BCUT2D eigenvalue weighted by atomic mass is 9.45. The van der Waals surface area contributed by atoms with Gasteiger partial charge in [0.25, 0.3) is 0 Å². The number of aliphatic carboxylic acids is 2. The molecule has 220 valence electrons. The smallest absolute Gasteiger partial charge is 0.450 e. The lowest BCUT2D eigenvalue weighted by Crippen LogP contribution is -2.54. The van der Waals surface area contributed by atoms with Gasteiger partial charge in [-0.25, -0.2) is 4.57 Å². The van der Waals surface area contributed by atoms with E-state index in [-0.39, 0.29) is 31.0 Å². The van der Waals surface area contributed by atoms with E-state index in [1.54, 1.807) is 0 Å². The van der Waals surface area contributed by atoms with Crippen LogP contribution in [-0.2, 0) is 28.2 Å². The largest absolute Gasteiger partial charge is 0.481 e. The van der Waals surface area contributed by atoms with Crippen molar-refractivity contribution in [1.29, 1.82) is 0 Å². The van der Waals surface area contributed by atoms with Gasteiger partial charge in [-0.15, -0.1) is 0 Å². The van der Waals surface area contributed by atoms with E-state index in [0.717, 1.165) is 51.2 Å². The van der Waals surface area contributed by atoms with Crippen LogP contribution in [0.2, 0.25) is 0 Å². The number of carbonyl (C=O) groups is 3. The Kier molecular flexibility index (Phi) is 9.41. The maximum absolute atomic E-state index is 12.6. The van der Waals surface area contributed by atoms with Gasteiger partial charge in [0.05, 0.1) is 18.6 Å². The molecular formula is C28H44NO9P. The van der Waals surface area contributed by atoms with Crippen molar-refractivity contribution in [2.24, 2.45) is 45.2 Å². The highest BCUT2D eigenvalue weighted by molar-refractivity contribution is 7.51. The molecule has 0 aromatic rings. The minimum atomic E-state index is -4.38. The summed E-state index contributed by atoms with van der Waals surface area (Å²) in [6.45, 7) is 5.04. The molecular weight excluding hydrogens is 525 g/mol. The Morgan fingerprint density at radius 3 is 2.59 bits per heavy atom. The Bertz CT molecular complexity index is 1020. The Labute approximate surface area is 230 Å². The van der Waals surface area contributed by atoms with Crippen molar-refractivity contribution in [1.82, 2.24) is 0 Å². The van der Waals surface area contributed by atoms with Crippen LogP contribution in [0.3, 0.4) is 0 Å². The third kappa shape index (κ3) is 6.66. The zero-order valence-corrected chi connectivity index (χ0v) is 24.0. The Hall–Kier alpha value is -1.61. The van der Waals surface area contributed by atoms with Crippen LogP contribution in [0, 0.1) is 40.4 Å². The van der Waals surface area contributed by atoms with Crippen LogP contribution < -0.4 is 0 Å².